The smallest absolute Gasteiger partial charge is 0.384 e. The van der Waals surface area contributed by atoms with Crippen molar-refractivity contribution in [1.29, 1.82) is 0 Å². The van der Waals surface area contributed by atoms with Gasteiger partial charge >= 0.3 is 6.18 Å². The minimum Gasteiger partial charge on any atom is -0.384 e. The molecule has 0 radical (unpaired) electrons. The van der Waals surface area contributed by atoms with Crippen molar-refractivity contribution in [1.82, 2.24) is 14.9 Å². The number of aromatic nitrogens is 2. The number of likely N-dealkylation sites (N-methyl/N-ethyl adjacent to an activating group) is 1. The number of imide groups is 1. The zero-order valence-electron chi connectivity index (χ0n) is 22.2. The van der Waals surface area contributed by atoms with Crippen molar-refractivity contribution in [3.63, 3.8) is 0 Å². The van der Waals surface area contributed by atoms with Gasteiger partial charge in [0.15, 0.2) is 0 Å². The zero-order chi connectivity index (χ0) is 28.3. The Morgan fingerprint density at radius 2 is 1.82 bits per heavy atom. The number of rotatable bonds is 8. The molecule has 0 unspecified atom stereocenters. The maximum Gasteiger partial charge on any atom is 0.392 e. The Balaban J connectivity index is 1.64. The van der Waals surface area contributed by atoms with Crippen LogP contribution < -0.4 is 10.6 Å². The van der Waals surface area contributed by atoms with Crippen molar-refractivity contribution in [2.75, 3.05) is 17.2 Å². The molecule has 2 N–H and O–H groups in total. The van der Waals surface area contributed by atoms with Crippen molar-refractivity contribution in [3.05, 3.63) is 47.9 Å². The molecule has 8 nitrogen and oxygen atoms in total. The summed E-state index contributed by atoms with van der Waals surface area (Å²) in [4.78, 5) is 50.9. The molecule has 39 heavy (non-hydrogen) atoms. The summed E-state index contributed by atoms with van der Waals surface area (Å²) in [6, 6.07) is 5.35. The summed E-state index contributed by atoms with van der Waals surface area (Å²) in [5.41, 5.74) is 7.62. The first kappa shape index (κ1) is 28.5. The average Bonchev–Trinajstić information content (AvgIpc) is 2.89. The van der Waals surface area contributed by atoms with E-state index >= 15 is 0 Å². The van der Waals surface area contributed by atoms with Crippen LogP contribution in [-0.4, -0.2) is 51.4 Å². The molecule has 0 spiro atoms. The number of pyridine rings is 2. The number of nitrogen functional groups attached to an aromatic ring is 1. The van der Waals surface area contributed by atoms with Gasteiger partial charge in [-0.15, -0.1) is 0 Å². The molecule has 2 fully saturated rings. The predicted octanol–water partition coefficient (Wildman–Crippen LogP) is 4.47. The highest BCUT2D eigenvalue weighted by atomic mass is 19.4. The van der Waals surface area contributed by atoms with Gasteiger partial charge < -0.3 is 10.6 Å². The van der Waals surface area contributed by atoms with Gasteiger partial charge in [0.25, 0.3) is 5.91 Å². The van der Waals surface area contributed by atoms with Crippen LogP contribution in [0.3, 0.4) is 0 Å². The molecule has 1 aliphatic carbocycles. The third kappa shape index (κ3) is 6.23. The van der Waals surface area contributed by atoms with Crippen LogP contribution in [-0.2, 0) is 20.8 Å². The Bertz CT molecular complexity index is 1210. The molecule has 2 aromatic rings. The number of amides is 3. The van der Waals surface area contributed by atoms with Crippen LogP contribution in [0.2, 0.25) is 0 Å². The van der Waals surface area contributed by atoms with Crippen molar-refractivity contribution in [3.8, 4) is 0 Å². The van der Waals surface area contributed by atoms with Crippen LogP contribution in [0.1, 0.15) is 56.7 Å². The molecule has 1 saturated heterocycles. The number of hydrogen-bond donors (Lipinski definition) is 1. The van der Waals surface area contributed by atoms with E-state index in [9.17, 15) is 27.6 Å². The fourth-order valence-corrected chi connectivity index (χ4v) is 5.88. The fourth-order valence-electron chi connectivity index (χ4n) is 5.88. The summed E-state index contributed by atoms with van der Waals surface area (Å²) in [7, 11) is 0. The van der Waals surface area contributed by atoms with E-state index in [1.165, 1.54) is 11.1 Å². The number of halogens is 3. The Labute approximate surface area is 225 Å². The van der Waals surface area contributed by atoms with E-state index < -0.39 is 54.1 Å². The maximum atomic E-state index is 14.1. The standard InChI is InChI=1S/C28H34F3N5O3/c1-3-35(20-10-12-33-17(2)13-20)27(39)25-21(14-18-9-11-34-23(32)15-18)26(38)36(25)24(37)16-22(28(29,30)31)19-7-5-4-6-8-19/h9-13,15,19,21-22,25H,3-8,14,16H2,1-2H3,(H2,32,34)/t21-,22+,25+/m1/s1. The summed E-state index contributed by atoms with van der Waals surface area (Å²) < 4.78 is 42.3. The van der Waals surface area contributed by atoms with E-state index in [2.05, 4.69) is 9.97 Å². The van der Waals surface area contributed by atoms with Crippen LogP contribution in [0.4, 0.5) is 24.7 Å². The number of alkyl halides is 3. The van der Waals surface area contributed by atoms with Gasteiger partial charge in [0.2, 0.25) is 11.8 Å². The molecule has 11 heteroatoms. The lowest BCUT2D eigenvalue weighted by atomic mass is 9.76. The van der Waals surface area contributed by atoms with Gasteiger partial charge in [0, 0.05) is 36.7 Å². The van der Waals surface area contributed by atoms with Crippen LogP contribution in [0.5, 0.6) is 0 Å². The van der Waals surface area contributed by atoms with Gasteiger partial charge in [0.05, 0.1) is 11.8 Å². The molecule has 0 aromatic carbocycles. The van der Waals surface area contributed by atoms with Crippen molar-refractivity contribution < 1.29 is 27.6 Å². The molecular formula is C28H34F3N5O3. The molecule has 1 aliphatic heterocycles. The molecular weight excluding hydrogens is 511 g/mol. The summed E-state index contributed by atoms with van der Waals surface area (Å²) in [6.07, 6.45) is 0.724. The molecule has 3 amide bonds. The van der Waals surface area contributed by atoms with Crippen molar-refractivity contribution in [2.24, 2.45) is 17.8 Å². The van der Waals surface area contributed by atoms with Crippen LogP contribution in [0.25, 0.3) is 0 Å². The number of carbonyl (C=O) groups is 3. The Morgan fingerprint density at radius 3 is 2.44 bits per heavy atom. The van der Waals surface area contributed by atoms with E-state index in [1.54, 1.807) is 44.3 Å². The van der Waals surface area contributed by atoms with Gasteiger partial charge in [-0.3, -0.25) is 24.3 Å². The van der Waals surface area contributed by atoms with E-state index in [-0.39, 0.29) is 18.8 Å². The first-order chi connectivity index (χ1) is 18.5. The Morgan fingerprint density at radius 1 is 1.13 bits per heavy atom. The summed E-state index contributed by atoms with van der Waals surface area (Å²) in [5, 5.41) is 0. The van der Waals surface area contributed by atoms with E-state index in [0.717, 1.165) is 11.3 Å². The second-order valence-electron chi connectivity index (χ2n) is 10.4. The molecule has 4 rings (SSSR count). The lowest BCUT2D eigenvalue weighted by molar-refractivity contribution is -0.199. The van der Waals surface area contributed by atoms with E-state index in [0.29, 0.717) is 42.6 Å². The molecule has 2 aromatic heterocycles. The zero-order valence-corrected chi connectivity index (χ0v) is 22.2. The molecule has 3 atom stereocenters. The Hall–Kier alpha value is -3.50. The molecule has 2 aliphatic rings. The number of nitrogens with zero attached hydrogens (tertiary/aromatic N) is 4. The highest BCUT2D eigenvalue weighted by Crippen LogP contribution is 2.43. The van der Waals surface area contributed by atoms with Gasteiger partial charge in [-0.05, 0) is 68.9 Å². The minimum absolute atomic E-state index is 0.101. The summed E-state index contributed by atoms with van der Waals surface area (Å²) in [6.45, 7) is 3.75. The quantitative estimate of drug-likeness (QED) is 0.491. The number of nitrogens with two attached hydrogens (primary N) is 1. The number of hydrogen-bond acceptors (Lipinski definition) is 6. The molecule has 0 bridgehead atoms. The highest BCUT2D eigenvalue weighted by molar-refractivity contribution is 6.13. The third-order valence-corrected chi connectivity index (χ3v) is 7.84. The lowest BCUT2D eigenvalue weighted by Crippen LogP contribution is -2.69. The summed E-state index contributed by atoms with van der Waals surface area (Å²) >= 11 is 0. The van der Waals surface area contributed by atoms with Crippen molar-refractivity contribution >= 4 is 29.2 Å². The average molecular weight is 546 g/mol. The second kappa shape index (κ2) is 11.7. The lowest BCUT2D eigenvalue weighted by Gasteiger charge is -2.47. The second-order valence-corrected chi connectivity index (χ2v) is 10.4. The fraction of sp³-hybridized carbons (Fsp3) is 0.536. The maximum absolute atomic E-state index is 14.1. The van der Waals surface area contributed by atoms with Gasteiger partial charge in [0.1, 0.15) is 11.9 Å². The van der Waals surface area contributed by atoms with E-state index in [4.69, 9.17) is 5.73 Å². The number of anilines is 2. The van der Waals surface area contributed by atoms with Crippen LogP contribution in [0, 0.1) is 24.7 Å². The largest absolute Gasteiger partial charge is 0.392 e. The SMILES string of the molecule is CCN(C(=O)[C@@H]1[C@@H](Cc2ccnc(N)c2)C(=O)N1C(=O)C[C@@H](C1CCCCC1)C(F)(F)F)c1ccnc(C)c1. The van der Waals surface area contributed by atoms with E-state index in [1.807, 2.05) is 0 Å². The van der Waals surface area contributed by atoms with Gasteiger partial charge in [-0.25, -0.2) is 4.98 Å². The molecule has 1 saturated carbocycles. The normalized spacial score (nSPS) is 20.8. The van der Waals surface area contributed by atoms with Crippen LogP contribution >= 0.6 is 0 Å². The molecule has 3 heterocycles. The topological polar surface area (TPSA) is 109 Å². The predicted molar refractivity (Wildman–Crippen MR) is 139 cm³/mol. The Kier molecular flexibility index (Phi) is 8.56. The number of carbonyl (C=O) groups excluding carboxylic acids is 3. The third-order valence-electron chi connectivity index (χ3n) is 7.84. The first-order valence-corrected chi connectivity index (χ1v) is 13.4. The molecule has 210 valence electrons. The monoisotopic (exact) mass is 545 g/mol. The van der Waals surface area contributed by atoms with Gasteiger partial charge in [-0.2, -0.15) is 13.2 Å². The van der Waals surface area contributed by atoms with Gasteiger partial charge in [-0.1, -0.05) is 19.3 Å². The summed E-state index contributed by atoms with van der Waals surface area (Å²) in [5.74, 6) is -5.34. The minimum atomic E-state index is -4.58. The van der Waals surface area contributed by atoms with Crippen LogP contribution in [0.15, 0.2) is 36.7 Å². The number of likely N-dealkylation sites (tertiary alicyclic amines) is 1. The first-order valence-electron chi connectivity index (χ1n) is 13.4. The number of aryl methyl sites for hydroxylation is 1. The number of β-lactam (4-membered cyclic amide) rings is 1. The highest BCUT2D eigenvalue weighted by Gasteiger charge is 2.56. The van der Waals surface area contributed by atoms with Crippen molar-refractivity contribution in [2.45, 2.75) is 71.0 Å².